The standard InChI is InChI=1S/C16H24ClN5O/c1-10-9-11(2)21(19-10)8-6-7-18-16(23)14(5)22-13(4)15(17)12(3)20-22/h9,14H,6-8H2,1-5H3,(H,18,23). The van der Waals surface area contributed by atoms with Crippen molar-refractivity contribution in [2.24, 2.45) is 0 Å². The van der Waals surface area contributed by atoms with Gasteiger partial charge in [-0.05, 0) is 47.1 Å². The average molecular weight is 338 g/mol. The first kappa shape index (κ1) is 17.5. The summed E-state index contributed by atoms with van der Waals surface area (Å²) in [6.45, 7) is 10.9. The van der Waals surface area contributed by atoms with Gasteiger partial charge >= 0.3 is 0 Å². The lowest BCUT2D eigenvalue weighted by molar-refractivity contribution is -0.124. The molecule has 1 N–H and O–H groups in total. The van der Waals surface area contributed by atoms with Crippen molar-refractivity contribution in [2.75, 3.05) is 6.54 Å². The van der Waals surface area contributed by atoms with Crippen molar-refractivity contribution >= 4 is 17.5 Å². The Morgan fingerprint density at radius 2 is 2.00 bits per heavy atom. The Morgan fingerprint density at radius 3 is 2.52 bits per heavy atom. The third kappa shape index (κ3) is 3.93. The smallest absolute Gasteiger partial charge is 0.244 e. The minimum atomic E-state index is -0.380. The first-order valence-corrected chi connectivity index (χ1v) is 8.19. The van der Waals surface area contributed by atoms with Gasteiger partial charge < -0.3 is 5.32 Å². The van der Waals surface area contributed by atoms with Gasteiger partial charge in [-0.2, -0.15) is 10.2 Å². The minimum absolute atomic E-state index is 0.0550. The first-order valence-electron chi connectivity index (χ1n) is 7.81. The van der Waals surface area contributed by atoms with Crippen LogP contribution in [-0.4, -0.2) is 32.0 Å². The fourth-order valence-electron chi connectivity index (χ4n) is 2.62. The monoisotopic (exact) mass is 337 g/mol. The summed E-state index contributed by atoms with van der Waals surface area (Å²) >= 11 is 6.13. The Morgan fingerprint density at radius 1 is 1.30 bits per heavy atom. The zero-order valence-corrected chi connectivity index (χ0v) is 15.1. The van der Waals surface area contributed by atoms with E-state index in [0.29, 0.717) is 11.6 Å². The van der Waals surface area contributed by atoms with Crippen molar-refractivity contribution in [3.63, 3.8) is 0 Å². The SMILES string of the molecule is Cc1cc(C)n(CCCNC(=O)C(C)n2nc(C)c(Cl)c2C)n1. The summed E-state index contributed by atoms with van der Waals surface area (Å²) in [6.07, 6.45) is 0.832. The number of hydrogen-bond acceptors (Lipinski definition) is 3. The lowest BCUT2D eigenvalue weighted by Crippen LogP contribution is -2.33. The summed E-state index contributed by atoms with van der Waals surface area (Å²) in [5.41, 5.74) is 3.71. The second-order valence-electron chi connectivity index (χ2n) is 5.90. The number of aryl methyl sites for hydroxylation is 4. The second kappa shape index (κ2) is 7.17. The van der Waals surface area contributed by atoms with Gasteiger partial charge in [0.05, 0.1) is 22.1 Å². The molecule has 1 unspecified atom stereocenters. The van der Waals surface area contributed by atoms with Gasteiger partial charge in [0.25, 0.3) is 0 Å². The van der Waals surface area contributed by atoms with E-state index in [1.807, 2.05) is 45.4 Å². The summed E-state index contributed by atoms with van der Waals surface area (Å²) in [5, 5.41) is 12.3. The van der Waals surface area contributed by atoms with E-state index < -0.39 is 0 Å². The highest BCUT2D eigenvalue weighted by molar-refractivity contribution is 6.31. The van der Waals surface area contributed by atoms with Gasteiger partial charge in [-0.25, -0.2) is 0 Å². The molecule has 23 heavy (non-hydrogen) atoms. The average Bonchev–Trinajstić information content (AvgIpc) is 2.96. The van der Waals surface area contributed by atoms with E-state index in [0.717, 1.165) is 35.7 Å². The molecule has 0 bridgehead atoms. The summed E-state index contributed by atoms with van der Waals surface area (Å²) in [7, 11) is 0. The van der Waals surface area contributed by atoms with E-state index in [1.165, 1.54) is 0 Å². The van der Waals surface area contributed by atoms with Crippen LogP contribution in [0.2, 0.25) is 5.02 Å². The highest BCUT2D eigenvalue weighted by Crippen LogP contribution is 2.22. The van der Waals surface area contributed by atoms with Crippen LogP contribution in [0.3, 0.4) is 0 Å². The topological polar surface area (TPSA) is 64.7 Å². The maximum Gasteiger partial charge on any atom is 0.244 e. The van der Waals surface area contributed by atoms with Crippen LogP contribution in [0, 0.1) is 27.7 Å². The predicted molar refractivity (Wildman–Crippen MR) is 90.7 cm³/mol. The van der Waals surface area contributed by atoms with Crippen LogP contribution in [0.5, 0.6) is 0 Å². The molecule has 0 spiro atoms. The molecular formula is C16H24ClN5O. The number of amides is 1. The number of carbonyl (C=O) groups is 1. The third-order valence-corrected chi connectivity index (χ3v) is 4.48. The Balaban J connectivity index is 1.84. The Bertz CT molecular complexity index is 704. The molecule has 1 amide bonds. The van der Waals surface area contributed by atoms with Gasteiger partial charge in [0.15, 0.2) is 0 Å². The zero-order chi connectivity index (χ0) is 17.1. The molecule has 2 rings (SSSR count). The lowest BCUT2D eigenvalue weighted by Gasteiger charge is -2.14. The molecule has 0 saturated carbocycles. The van der Waals surface area contributed by atoms with Gasteiger partial charge in [-0.3, -0.25) is 14.2 Å². The van der Waals surface area contributed by atoms with Crippen molar-refractivity contribution in [3.8, 4) is 0 Å². The summed E-state index contributed by atoms with van der Waals surface area (Å²) < 4.78 is 3.64. The largest absolute Gasteiger partial charge is 0.354 e. The molecule has 0 saturated heterocycles. The molecule has 2 aromatic rings. The molecular weight excluding hydrogens is 314 g/mol. The highest BCUT2D eigenvalue weighted by atomic mass is 35.5. The molecule has 0 radical (unpaired) electrons. The van der Waals surface area contributed by atoms with E-state index in [4.69, 9.17) is 11.6 Å². The maximum atomic E-state index is 12.3. The van der Waals surface area contributed by atoms with Crippen LogP contribution in [0.1, 0.15) is 42.2 Å². The number of carbonyl (C=O) groups excluding carboxylic acids is 1. The van der Waals surface area contributed by atoms with Gasteiger partial charge in [-0.1, -0.05) is 11.6 Å². The Kier molecular flexibility index (Phi) is 5.46. The van der Waals surface area contributed by atoms with Gasteiger partial charge in [-0.15, -0.1) is 0 Å². The number of rotatable bonds is 6. The molecule has 0 fully saturated rings. The Hall–Kier alpha value is -1.82. The number of nitrogens with zero attached hydrogens (tertiary/aromatic N) is 4. The van der Waals surface area contributed by atoms with Crippen molar-refractivity contribution in [3.05, 3.63) is 33.9 Å². The van der Waals surface area contributed by atoms with Crippen LogP contribution in [0.15, 0.2) is 6.07 Å². The van der Waals surface area contributed by atoms with Crippen LogP contribution in [0.25, 0.3) is 0 Å². The molecule has 1 atom stereocenters. The number of nitrogens with one attached hydrogen (secondary N) is 1. The van der Waals surface area contributed by atoms with E-state index in [9.17, 15) is 4.79 Å². The lowest BCUT2D eigenvalue weighted by atomic mass is 10.3. The third-order valence-electron chi connectivity index (χ3n) is 3.93. The first-order chi connectivity index (χ1) is 10.8. The molecule has 2 aromatic heterocycles. The van der Waals surface area contributed by atoms with Gasteiger partial charge in [0.2, 0.25) is 5.91 Å². The van der Waals surface area contributed by atoms with Crippen molar-refractivity contribution in [1.82, 2.24) is 24.9 Å². The molecule has 7 heteroatoms. The van der Waals surface area contributed by atoms with Gasteiger partial charge in [0, 0.05) is 18.8 Å². The quantitative estimate of drug-likeness (QED) is 0.824. The normalized spacial score (nSPS) is 12.4. The minimum Gasteiger partial charge on any atom is -0.354 e. The molecule has 126 valence electrons. The molecule has 2 heterocycles. The fraction of sp³-hybridized carbons (Fsp3) is 0.562. The highest BCUT2D eigenvalue weighted by Gasteiger charge is 2.20. The number of halogens is 1. The van der Waals surface area contributed by atoms with Crippen molar-refractivity contribution < 1.29 is 4.79 Å². The van der Waals surface area contributed by atoms with E-state index >= 15 is 0 Å². The van der Waals surface area contributed by atoms with E-state index in [-0.39, 0.29) is 11.9 Å². The van der Waals surface area contributed by atoms with Crippen molar-refractivity contribution in [2.45, 2.75) is 53.6 Å². The number of hydrogen-bond donors (Lipinski definition) is 1. The molecule has 0 aromatic carbocycles. The van der Waals surface area contributed by atoms with Crippen LogP contribution in [0.4, 0.5) is 0 Å². The van der Waals surface area contributed by atoms with Crippen LogP contribution < -0.4 is 5.32 Å². The summed E-state index contributed by atoms with van der Waals surface area (Å²) in [5.74, 6) is -0.0550. The second-order valence-corrected chi connectivity index (χ2v) is 6.28. The van der Waals surface area contributed by atoms with E-state index in [1.54, 1.807) is 4.68 Å². The molecule has 0 aliphatic rings. The fourth-order valence-corrected chi connectivity index (χ4v) is 2.74. The molecule has 0 aliphatic heterocycles. The maximum absolute atomic E-state index is 12.3. The van der Waals surface area contributed by atoms with Gasteiger partial charge in [0.1, 0.15) is 6.04 Å². The summed E-state index contributed by atoms with van der Waals surface area (Å²) in [6, 6.07) is 1.67. The van der Waals surface area contributed by atoms with Crippen LogP contribution >= 0.6 is 11.6 Å². The molecule has 6 nitrogen and oxygen atoms in total. The Labute approximate surface area is 141 Å². The van der Waals surface area contributed by atoms with Crippen molar-refractivity contribution in [1.29, 1.82) is 0 Å². The zero-order valence-electron chi connectivity index (χ0n) is 14.4. The van der Waals surface area contributed by atoms with Crippen LogP contribution in [-0.2, 0) is 11.3 Å². The summed E-state index contributed by atoms with van der Waals surface area (Å²) in [4.78, 5) is 12.3. The molecule has 0 aliphatic carbocycles. The number of aromatic nitrogens is 4. The predicted octanol–water partition coefficient (Wildman–Crippen LogP) is 2.73. The van der Waals surface area contributed by atoms with E-state index in [2.05, 4.69) is 15.5 Å².